The van der Waals surface area contributed by atoms with Gasteiger partial charge in [0.1, 0.15) is 0 Å². The van der Waals surface area contributed by atoms with Crippen molar-refractivity contribution in [3.05, 3.63) is 36.4 Å². The summed E-state index contributed by atoms with van der Waals surface area (Å²) >= 11 is 0. The average Bonchev–Trinajstić information content (AvgIpc) is 2.67. The first-order valence-corrected chi connectivity index (χ1v) is 5.17. The molecule has 0 aliphatic rings. The van der Waals surface area contributed by atoms with Crippen LogP contribution in [0, 0.1) is 0 Å². The average molecular weight is 217 g/mol. The van der Waals surface area contributed by atoms with Gasteiger partial charge in [0.15, 0.2) is 0 Å². The third-order valence-electron chi connectivity index (χ3n) is 2.26. The van der Waals surface area contributed by atoms with E-state index in [1.807, 2.05) is 25.4 Å². The van der Waals surface area contributed by atoms with Gasteiger partial charge in [0.2, 0.25) is 0 Å². The van der Waals surface area contributed by atoms with Crippen molar-refractivity contribution in [2.24, 2.45) is 7.05 Å². The van der Waals surface area contributed by atoms with Gasteiger partial charge >= 0.3 is 0 Å². The van der Waals surface area contributed by atoms with Crippen LogP contribution in [-0.2, 0) is 13.5 Å². The van der Waals surface area contributed by atoms with E-state index in [0.29, 0.717) is 5.69 Å². The molecule has 2 aromatic heterocycles. The van der Waals surface area contributed by atoms with Crippen molar-refractivity contribution in [3.8, 4) is 0 Å². The number of nitrogens with one attached hydrogen (secondary N) is 1. The first kappa shape index (κ1) is 10.5. The number of nitrogens with two attached hydrogens (primary N) is 1. The van der Waals surface area contributed by atoms with Crippen molar-refractivity contribution < 1.29 is 0 Å². The van der Waals surface area contributed by atoms with E-state index in [1.165, 1.54) is 0 Å². The highest BCUT2D eigenvalue weighted by molar-refractivity contribution is 5.38. The lowest BCUT2D eigenvalue weighted by atomic mass is 10.2. The second-order valence-electron chi connectivity index (χ2n) is 3.66. The second-order valence-corrected chi connectivity index (χ2v) is 3.66. The Balaban J connectivity index is 1.82. The molecule has 2 rings (SSSR count). The first-order chi connectivity index (χ1) is 7.74. The van der Waals surface area contributed by atoms with Crippen LogP contribution in [0.4, 0.5) is 11.4 Å². The van der Waals surface area contributed by atoms with Crippen molar-refractivity contribution in [2.75, 3.05) is 17.6 Å². The van der Waals surface area contributed by atoms with Crippen LogP contribution in [0.3, 0.4) is 0 Å². The molecule has 0 aliphatic heterocycles. The molecule has 0 atom stereocenters. The number of aromatic nitrogens is 3. The summed E-state index contributed by atoms with van der Waals surface area (Å²) in [6, 6.07) is 3.81. The smallest absolute Gasteiger partial charge is 0.0726 e. The Morgan fingerprint density at radius 1 is 1.38 bits per heavy atom. The SMILES string of the molecule is Cn1cc(NCCc2ccc(N)cn2)cn1. The fourth-order valence-electron chi connectivity index (χ4n) is 1.43. The van der Waals surface area contributed by atoms with E-state index in [-0.39, 0.29) is 0 Å². The molecule has 0 amide bonds. The Bertz CT molecular complexity index is 446. The van der Waals surface area contributed by atoms with Gasteiger partial charge < -0.3 is 11.1 Å². The number of nitrogen functional groups attached to an aromatic ring is 1. The van der Waals surface area contributed by atoms with Gasteiger partial charge in [-0.1, -0.05) is 0 Å². The molecule has 0 bridgehead atoms. The van der Waals surface area contributed by atoms with Gasteiger partial charge in [-0.2, -0.15) is 5.10 Å². The standard InChI is InChI=1S/C11H15N5/c1-16-8-11(7-15-16)13-5-4-10-3-2-9(12)6-14-10/h2-3,6-8,13H,4-5,12H2,1H3. The molecule has 0 unspecified atom stereocenters. The maximum Gasteiger partial charge on any atom is 0.0726 e. The van der Waals surface area contributed by atoms with Gasteiger partial charge in [-0.15, -0.1) is 0 Å². The molecule has 0 fully saturated rings. The van der Waals surface area contributed by atoms with Crippen LogP contribution in [0.5, 0.6) is 0 Å². The molecular weight excluding hydrogens is 202 g/mol. The number of rotatable bonds is 4. The maximum atomic E-state index is 5.56. The van der Waals surface area contributed by atoms with E-state index in [0.717, 1.165) is 24.3 Å². The van der Waals surface area contributed by atoms with E-state index >= 15 is 0 Å². The number of hydrogen-bond acceptors (Lipinski definition) is 4. The Hall–Kier alpha value is -2.04. The zero-order valence-corrected chi connectivity index (χ0v) is 9.22. The number of nitrogens with zero attached hydrogens (tertiary/aromatic N) is 3. The fraction of sp³-hybridized carbons (Fsp3) is 0.273. The Morgan fingerprint density at radius 2 is 2.25 bits per heavy atom. The fourth-order valence-corrected chi connectivity index (χ4v) is 1.43. The summed E-state index contributed by atoms with van der Waals surface area (Å²) < 4.78 is 1.77. The minimum Gasteiger partial charge on any atom is -0.397 e. The van der Waals surface area contributed by atoms with E-state index in [9.17, 15) is 0 Å². The molecule has 2 aromatic rings. The molecule has 0 aliphatic carbocycles. The summed E-state index contributed by atoms with van der Waals surface area (Å²) in [6.45, 7) is 0.836. The van der Waals surface area contributed by atoms with Crippen LogP contribution in [0.2, 0.25) is 0 Å². The monoisotopic (exact) mass is 217 g/mol. The summed E-state index contributed by atoms with van der Waals surface area (Å²) in [6.07, 6.45) is 6.29. The predicted octanol–water partition coefficient (Wildman–Crippen LogP) is 1.05. The molecule has 5 nitrogen and oxygen atoms in total. The van der Waals surface area contributed by atoms with Crippen molar-refractivity contribution in [3.63, 3.8) is 0 Å². The van der Waals surface area contributed by atoms with Gasteiger partial charge in [-0.3, -0.25) is 9.67 Å². The summed E-state index contributed by atoms with van der Waals surface area (Å²) in [4.78, 5) is 4.23. The molecule has 0 saturated carbocycles. The highest BCUT2D eigenvalue weighted by Crippen LogP contribution is 2.05. The number of anilines is 2. The highest BCUT2D eigenvalue weighted by atomic mass is 15.3. The molecule has 0 aromatic carbocycles. The predicted molar refractivity (Wildman–Crippen MR) is 64.1 cm³/mol. The van der Waals surface area contributed by atoms with Crippen molar-refractivity contribution >= 4 is 11.4 Å². The van der Waals surface area contributed by atoms with Crippen LogP contribution < -0.4 is 11.1 Å². The third-order valence-corrected chi connectivity index (χ3v) is 2.26. The molecule has 2 heterocycles. The summed E-state index contributed by atoms with van der Waals surface area (Å²) in [5.74, 6) is 0. The topological polar surface area (TPSA) is 68.8 Å². The van der Waals surface area contributed by atoms with Crippen molar-refractivity contribution in [1.82, 2.24) is 14.8 Å². The molecule has 0 spiro atoms. The molecule has 3 N–H and O–H groups in total. The lowest BCUT2D eigenvalue weighted by Crippen LogP contribution is -2.05. The molecule has 84 valence electrons. The van der Waals surface area contributed by atoms with Gasteiger partial charge in [-0.05, 0) is 12.1 Å². The third kappa shape index (κ3) is 2.73. The van der Waals surface area contributed by atoms with E-state index in [2.05, 4.69) is 15.4 Å². The van der Waals surface area contributed by atoms with E-state index in [1.54, 1.807) is 17.1 Å². The van der Waals surface area contributed by atoms with Crippen LogP contribution in [-0.4, -0.2) is 21.3 Å². The van der Waals surface area contributed by atoms with E-state index in [4.69, 9.17) is 5.73 Å². The molecule has 16 heavy (non-hydrogen) atoms. The lowest BCUT2D eigenvalue weighted by molar-refractivity contribution is 0.768. The molecule has 0 radical (unpaired) electrons. The Morgan fingerprint density at radius 3 is 2.88 bits per heavy atom. The maximum absolute atomic E-state index is 5.56. The van der Waals surface area contributed by atoms with Crippen molar-refractivity contribution in [2.45, 2.75) is 6.42 Å². The van der Waals surface area contributed by atoms with Crippen LogP contribution >= 0.6 is 0 Å². The van der Waals surface area contributed by atoms with Crippen LogP contribution in [0.25, 0.3) is 0 Å². The highest BCUT2D eigenvalue weighted by Gasteiger charge is 1.96. The molecule has 0 saturated heterocycles. The Kier molecular flexibility index (Phi) is 3.05. The van der Waals surface area contributed by atoms with Crippen LogP contribution in [0.15, 0.2) is 30.7 Å². The number of pyridine rings is 1. The minimum atomic E-state index is 0.698. The molecule has 5 heteroatoms. The number of hydrogen-bond donors (Lipinski definition) is 2. The number of aryl methyl sites for hydroxylation is 1. The van der Waals surface area contributed by atoms with Gasteiger partial charge in [-0.25, -0.2) is 0 Å². The second kappa shape index (κ2) is 4.65. The largest absolute Gasteiger partial charge is 0.397 e. The molecular formula is C11H15N5. The first-order valence-electron chi connectivity index (χ1n) is 5.17. The Labute approximate surface area is 94.3 Å². The van der Waals surface area contributed by atoms with Crippen molar-refractivity contribution in [1.29, 1.82) is 0 Å². The van der Waals surface area contributed by atoms with Gasteiger partial charge in [0.05, 0.1) is 23.8 Å². The summed E-state index contributed by atoms with van der Waals surface area (Å²) in [5.41, 5.74) is 8.32. The van der Waals surface area contributed by atoms with E-state index < -0.39 is 0 Å². The summed E-state index contributed by atoms with van der Waals surface area (Å²) in [5, 5.41) is 7.35. The summed E-state index contributed by atoms with van der Waals surface area (Å²) in [7, 11) is 1.90. The van der Waals surface area contributed by atoms with Crippen LogP contribution in [0.1, 0.15) is 5.69 Å². The quantitative estimate of drug-likeness (QED) is 0.803. The van der Waals surface area contributed by atoms with Gasteiger partial charge in [0, 0.05) is 31.9 Å². The van der Waals surface area contributed by atoms with Gasteiger partial charge in [0.25, 0.3) is 0 Å². The zero-order chi connectivity index (χ0) is 11.4. The minimum absolute atomic E-state index is 0.698. The lowest BCUT2D eigenvalue weighted by Gasteiger charge is -2.03. The zero-order valence-electron chi connectivity index (χ0n) is 9.22. The normalized spacial score (nSPS) is 10.3.